The van der Waals surface area contributed by atoms with Crippen molar-refractivity contribution in [3.8, 4) is 11.8 Å². The Morgan fingerprint density at radius 2 is 1.59 bits per heavy atom. The molecule has 8 heteroatoms. The maximum absolute atomic E-state index is 12.2. The van der Waals surface area contributed by atoms with Crippen LogP contribution >= 0.6 is 0 Å². The number of nitro benzene ring substituents is 1. The summed E-state index contributed by atoms with van der Waals surface area (Å²) in [6.45, 7) is 3.72. The number of benzene rings is 2. The Bertz CT molecular complexity index is 965. The van der Waals surface area contributed by atoms with Gasteiger partial charge in [0.05, 0.1) is 4.92 Å². The summed E-state index contributed by atoms with van der Waals surface area (Å²) in [5, 5.41) is 13.4. The lowest BCUT2D eigenvalue weighted by molar-refractivity contribution is -0.384. The number of carbonyl (C=O) groups is 1. The maximum atomic E-state index is 12.2. The van der Waals surface area contributed by atoms with Crippen LogP contribution in [0.2, 0.25) is 0 Å². The van der Waals surface area contributed by atoms with Gasteiger partial charge in [-0.3, -0.25) is 14.9 Å². The molecule has 0 saturated heterocycles. The van der Waals surface area contributed by atoms with Crippen LogP contribution in [0.25, 0.3) is 0 Å². The number of aryl methyl sites for hydroxylation is 2. The minimum absolute atomic E-state index is 0.0679. The van der Waals surface area contributed by atoms with Crippen molar-refractivity contribution in [2.45, 2.75) is 13.8 Å². The molecule has 0 atom stereocenters. The number of nitrogens with zero attached hydrogens (tertiary/aromatic N) is 3. The molecular formula is C19H16N4O4. The normalized spacial score (nSPS) is 10.3. The lowest BCUT2D eigenvalue weighted by Gasteiger charge is -2.08. The number of anilines is 1. The van der Waals surface area contributed by atoms with E-state index in [9.17, 15) is 14.9 Å². The average Bonchev–Trinajstić information content (AvgIpc) is 2.62. The van der Waals surface area contributed by atoms with Crippen LogP contribution in [0.4, 0.5) is 11.4 Å². The molecule has 1 N–H and O–H groups in total. The SMILES string of the molecule is Cc1cc(C)nc(Oc2ccc(NC(=O)c3ccc([N+](=O)[O-])cc3)cc2)n1. The van der Waals surface area contributed by atoms with Gasteiger partial charge in [0.15, 0.2) is 0 Å². The van der Waals surface area contributed by atoms with Crippen molar-refractivity contribution in [2.24, 2.45) is 0 Å². The molecule has 0 spiro atoms. The fraction of sp³-hybridized carbons (Fsp3) is 0.105. The highest BCUT2D eigenvalue weighted by Crippen LogP contribution is 2.21. The molecule has 8 nitrogen and oxygen atoms in total. The first-order valence-electron chi connectivity index (χ1n) is 8.07. The van der Waals surface area contributed by atoms with Gasteiger partial charge >= 0.3 is 6.01 Å². The summed E-state index contributed by atoms with van der Waals surface area (Å²) in [5.41, 5.74) is 2.44. The van der Waals surface area contributed by atoms with E-state index in [0.29, 0.717) is 17.0 Å². The molecule has 0 bridgehead atoms. The van der Waals surface area contributed by atoms with E-state index in [1.54, 1.807) is 24.3 Å². The second kappa shape index (κ2) is 7.61. The highest BCUT2D eigenvalue weighted by molar-refractivity contribution is 6.04. The van der Waals surface area contributed by atoms with E-state index in [4.69, 9.17) is 4.74 Å². The summed E-state index contributed by atoms with van der Waals surface area (Å²) in [4.78, 5) is 30.8. The summed E-state index contributed by atoms with van der Waals surface area (Å²) in [6, 6.07) is 14.2. The van der Waals surface area contributed by atoms with E-state index >= 15 is 0 Å². The number of hydrogen-bond donors (Lipinski definition) is 1. The molecule has 0 unspecified atom stereocenters. The predicted octanol–water partition coefficient (Wildman–Crippen LogP) is 4.05. The minimum atomic E-state index is -0.514. The summed E-state index contributed by atoms with van der Waals surface area (Å²) < 4.78 is 5.62. The number of ether oxygens (including phenoxy) is 1. The average molecular weight is 364 g/mol. The number of rotatable bonds is 5. The van der Waals surface area contributed by atoms with Gasteiger partial charge in [0.25, 0.3) is 11.6 Å². The molecule has 0 aliphatic heterocycles. The number of hydrogen-bond acceptors (Lipinski definition) is 6. The van der Waals surface area contributed by atoms with Crippen molar-refractivity contribution >= 4 is 17.3 Å². The van der Waals surface area contributed by atoms with Crippen LogP contribution in [0.5, 0.6) is 11.8 Å². The van der Waals surface area contributed by atoms with Gasteiger partial charge in [0.1, 0.15) is 5.75 Å². The van der Waals surface area contributed by atoms with E-state index in [1.165, 1.54) is 24.3 Å². The Labute approximate surface area is 155 Å². The van der Waals surface area contributed by atoms with E-state index in [-0.39, 0.29) is 17.6 Å². The van der Waals surface area contributed by atoms with Crippen LogP contribution in [0.1, 0.15) is 21.7 Å². The van der Waals surface area contributed by atoms with Crippen LogP contribution in [-0.2, 0) is 0 Å². The molecule has 3 rings (SSSR count). The molecule has 3 aromatic rings. The van der Waals surface area contributed by atoms with Crippen molar-refractivity contribution in [3.05, 3.63) is 81.7 Å². The van der Waals surface area contributed by atoms with Gasteiger partial charge in [-0.05, 0) is 56.3 Å². The number of nitrogens with one attached hydrogen (secondary N) is 1. The second-order valence-corrected chi connectivity index (χ2v) is 5.82. The zero-order chi connectivity index (χ0) is 19.4. The molecule has 1 amide bonds. The quantitative estimate of drug-likeness (QED) is 0.541. The van der Waals surface area contributed by atoms with Crippen molar-refractivity contribution in [1.29, 1.82) is 0 Å². The van der Waals surface area contributed by atoms with Gasteiger partial charge in [-0.1, -0.05) is 0 Å². The van der Waals surface area contributed by atoms with Crippen LogP contribution in [0, 0.1) is 24.0 Å². The van der Waals surface area contributed by atoms with Gasteiger partial charge in [0, 0.05) is 34.8 Å². The molecule has 2 aromatic carbocycles. The number of carbonyl (C=O) groups excluding carboxylic acids is 1. The standard InChI is InChI=1S/C19H16N4O4/c1-12-11-13(2)21-19(20-12)27-17-9-5-15(6-10-17)22-18(24)14-3-7-16(8-4-14)23(25)26/h3-11H,1-2H3,(H,22,24). The molecular weight excluding hydrogens is 348 g/mol. The molecule has 0 aliphatic rings. The Kier molecular flexibility index (Phi) is 5.07. The maximum Gasteiger partial charge on any atom is 0.322 e. The number of amides is 1. The third kappa shape index (κ3) is 4.63. The molecule has 0 saturated carbocycles. The fourth-order valence-electron chi connectivity index (χ4n) is 2.39. The number of non-ortho nitro benzene ring substituents is 1. The molecule has 27 heavy (non-hydrogen) atoms. The van der Waals surface area contributed by atoms with Crippen LogP contribution in [0.3, 0.4) is 0 Å². The first-order chi connectivity index (χ1) is 12.9. The Hall–Kier alpha value is -3.81. The number of nitro groups is 1. The molecule has 0 fully saturated rings. The van der Waals surface area contributed by atoms with E-state index in [2.05, 4.69) is 15.3 Å². The minimum Gasteiger partial charge on any atom is -0.424 e. The van der Waals surface area contributed by atoms with E-state index in [1.807, 2.05) is 19.9 Å². The van der Waals surface area contributed by atoms with Gasteiger partial charge in [-0.25, -0.2) is 9.97 Å². The highest BCUT2D eigenvalue weighted by Gasteiger charge is 2.10. The second-order valence-electron chi connectivity index (χ2n) is 5.82. The first-order valence-corrected chi connectivity index (χ1v) is 8.07. The van der Waals surface area contributed by atoms with Gasteiger partial charge in [0.2, 0.25) is 0 Å². The third-order valence-electron chi connectivity index (χ3n) is 3.62. The summed E-state index contributed by atoms with van der Waals surface area (Å²) in [6.07, 6.45) is 0. The molecule has 0 aliphatic carbocycles. The molecule has 136 valence electrons. The zero-order valence-corrected chi connectivity index (χ0v) is 14.7. The summed E-state index contributed by atoms with van der Waals surface area (Å²) in [5.74, 6) is 0.171. The topological polar surface area (TPSA) is 107 Å². The van der Waals surface area contributed by atoms with Crippen molar-refractivity contribution in [2.75, 3.05) is 5.32 Å². The lowest BCUT2D eigenvalue weighted by Crippen LogP contribution is -2.11. The largest absolute Gasteiger partial charge is 0.424 e. The molecule has 1 aromatic heterocycles. The van der Waals surface area contributed by atoms with Crippen molar-refractivity contribution in [3.63, 3.8) is 0 Å². The lowest BCUT2D eigenvalue weighted by atomic mass is 10.2. The molecule has 1 heterocycles. The van der Waals surface area contributed by atoms with Crippen LogP contribution in [0.15, 0.2) is 54.6 Å². The van der Waals surface area contributed by atoms with Crippen molar-refractivity contribution < 1.29 is 14.5 Å². The number of aromatic nitrogens is 2. The van der Waals surface area contributed by atoms with Gasteiger partial charge < -0.3 is 10.1 Å². The monoisotopic (exact) mass is 364 g/mol. The van der Waals surface area contributed by atoms with E-state index < -0.39 is 4.92 Å². The Balaban J connectivity index is 1.66. The molecule has 0 radical (unpaired) electrons. The zero-order valence-electron chi connectivity index (χ0n) is 14.7. The fourth-order valence-corrected chi connectivity index (χ4v) is 2.39. The Morgan fingerprint density at radius 3 is 2.15 bits per heavy atom. The van der Waals surface area contributed by atoms with Crippen LogP contribution in [-0.4, -0.2) is 20.8 Å². The van der Waals surface area contributed by atoms with Crippen LogP contribution < -0.4 is 10.1 Å². The Morgan fingerprint density at radius 1 is 1.00 bits per heavy atom. The summed E-state index contributed by atoms with van der Waals surface area (Å²) in [7, 11) is 0. The third-order valence-corrected chi connectivity index (χ3v) is 3.62. The van der Waals surface area contributed by atoms with Crippen molar-refractivity contribution in [1.82, 2.24) is 9.97 Å². The van der Waals surface area contributed by atoms with Gasteiger partial charge in [-0.15, -0.1) is 0 Å². The van der Waals surface area contributed by atoms with E-state index in [0.717, 1.165) is 11.4 Å². The smallest absolute Gasteiger partial charge is 0.322 e. The first kappa shape index (κ1) is 18.0. The highest BCUT2D eigenvalue weighted by atomic mass is 16.6. The van der Waals surface area contributed by atoms with Gasteiger partial charge in [-0.2, -0.15) is 0 Å². The summed E-state index contributed by atoms with van der Waals surface area (Å²) >= 11 is 0. The predicted molar refractivity (Wildman–Crippen MR) is 99.1 cm³/mol.